The van der Waals surface area contributed by atoms with E-state index in [-0.39, 0.29) is 12.1 Å². The standard InChI is InChI=1S/C13H20N4O2/c1-8-7-16-10(5-14-8)11(6-15-16)17-9(2)13(3,4)19-12(17)18/h6,8-9,14H,5,7H2,1-4H3/t8-,9-/m0/s1. The second kappa shape index (κ2) is 3.96. The number of cyclic esters (lactones) is 1. The normalized spacial score (nSPS) is 29.3. The Morgan fingerprint density at radius 3 is 2.84 bits per heavy atom. The van der Waals surface area contributed by atoms with Crippen LogP contribution in [-0.2, 0) is 17.8 Å². The Morgan fingerprint density at radius 1 is 1.47 bits per heavy atom. The van der Waals surface area contributed by atoms with Crippen molar-refractivity contribution in [2.45, 2.75) is 58.5 Å². The maximum atomic E-state index is 12.1. The van der Waals surface area contributed by atoms with Crippen molar-refractivity contribution in [3.05, 3.63) is 11.9 Å². The lowest BCUT2D eigenvalue weighted by Gasteiger charge is -2.27. The predicted molar refractivity (Wildman–Crippen MR) is 71.0 cm³/mol. The molecule has 1 fully saturated rings. The van der Waals surface area contributed by atoms with Crippen LogP contribution in [0.3, 0.4) is 0 Å². The molecule has 6 heteroatoms. The van der Waals surface area contributed by atoms with Crippen LogP contribution in [0, 0.1) is 0 Å². The van der Waals surface area contributed by atoms with E-state index in [0.717, 1.165) is 24.5 Å². The van der Waals surface area contributed by atoms with Crippen molar-refractivity contribution in [2.24, 2.45) is 0 Å². The van der Waals surface area contributed by atoms with E-state index >= 15 is 0 Å². The number of ether oxygens (including phenoxy) is 1. The number of hydrogen-bond donors (Lipinski definition) is 1. The van der Waals surface area contributed by atoms with E-state index in [9.17, 15) is 4.79 Å². The van der Waals surface area contributed by atoms with Crippen molar-refractivity contribution < 1.29 is 9.53 Å². The van der Waals surface area contributed by atoms with Crippen molar-refractivity contribution in [2.75, 3.05) is 4.90 Å². The summed E-state index contributed by atoms with van der Waals surface area (Å²) in [5.41, 5.74) is 1.45. The Bertz CT molecular complexity index is 523. The summed E-state index contributed by atoms with van der Waals surface area (Å²) in [5.74, 6) is 0. The highest BCUT2D eigenvalue weighted by atomic mass is 16.6. The fourth-order valence-electron chi connectivity index (χ4n) is 2.67. The number of rotatable bonds is 1. The van der Waals surface area contributed by atoms with E-state index < -0.39 is 5.60 Å². The molecule has 104 valence electrons. The summed E-state index contributed by atoms with van der Waals surface area (Å²) in [6, 6.07) is 0.396. The fourth-order valence-corrected chi connectivity index (χ4v) is 2.67. The number of amides is 1. The number of anilines is 1. The predicted octanol–water partition coefficient (Wildman–Crippen LogP) is 1.50. The number of nitrogens with zero attached hydrogens (tertiary/aromatic N) is 3. The molecule has 2 aliphatic heterocycles. The first-order valence-electron chi connectivity index (χ1n) is 6.70. The molecule has 3 heterocycles. The number of carbonyl (C=O) groups is 1. The molecule has 2 atom stereocenters. The third kappa shape index (κ3) is 1.82. The summed E-state index contributed by atoms with van der Waals surface area (Å²) in [6.45, 7) is 9.56. The molecule has 3 rings (SSSR count). The molecule has 0 spiro atoms. The molecular weight excluding hydrogens is 244 g/mol. The number of carbonyl (C=O) groups excluding carboxylic acids is 1. The van der Waals surface area contributed by atoms with Crippen LogP contribution < -0.4 is 10.2 Å². The highest BCUT2D eigenvalue weighted by molar-refractivity contribution is 5.91. The average molecular weight is 264 g/mol. The summed E-state index contributed by atoms with van der Waals surface area (Å²) < 4.78 is 7.41. The van der Waals surface area contributed by atoms with Gasteiger partial charge in [0, 0.05) is 12.6 Å². The number of aromatic nitrogens is 2. The summed E-state index contributed by atoms with van der Waals surface area (Å²) in [4.78, 5) is 13.8. The van der Waals surface area contributed by atoms with E-state index in [1.54, 1.807) is 11.1 Å². The van der Waals surface area contributed by atoms with Gasteiger partial charge in [0.25, 0.3) is 0 Å². The van der Waals surface area contributed by atoms with Crippen molar-refractivity contribution >= 4 is 11.8 Å². The van der Waals surface area contributed by atoms with Gasteiger partial charge in [-0.1, -0.05) is 0 Å². The van der Waals surface area contributed by atoms with E-state index in [0.29, 0.717) is 6.04 Å². The number of hydrogen-bond acceptors (Lipinski definition) is 4. The molecule has 1 aromatic heterocycles. The monoisotopic (exact) mass is 264 g/mol. The van der Waals surface area contributed by atoms with Crippen LogP contribution in [0.2, 0.25) is 0 Å². The summed E-state index contributed by atoms with van der Waals surface area (Å²) >= 11 is 0. The van der Waals surface area contributed by atoms with Crippen LogP contribution >= 0.6 is 0 Å². The molecule has 0 radical (unpaired) electrons. The molecule has 0 aromatic carbocycles. The molecule has 1 saturated heterocycles. The molecule has 0 unspecified atom stereocenters. The molecule has 19 heavy (non-hydrogen) atoms. The third-order valence-electron chi connectivity index (χ3n) is 4.19. The summed E-state index contributed by atoms with van der Waals surface area (Å²) in [7, 11) is 0. The molecule has 1 aromatic rings. The maximum Gasteiger partial charge on any atom is 0.415 e. The first-order chi connectivity index (χ1) is 8.90. The van der Waals surface area contributed by atoms with Gasteiger partial charge in [0.2, 0.25) is 0 Å². The van der Waals surface area contributed by atoms with Crippen LogP contribution in [-0.4, -0.2) is 33.6 Å². The van der Waals surface area contributed by atoms with Gasteiger partial charge >= 0.3 is 6.09 Å². The van der Waals surface area contributed by atoms with E-state index in [1.165, 1.54) is 0 Å². The summed E-state index contributed by atoms with van der Waals surface area (Å²) in [6.07, 6.45) is 1.49. The highest BCUT2D eigenvalue weighted by Gasteiger charge is 2.47. The molecule has 6 nitrogen and oxygen atoms in total. The van der Waals surface area contributed by atoms with Crippen LogP contribution in [0.15, 0.2) is 6.20 Å². The SMILES string of the molecule is C[C@@H]1N(c2cnn3c2CN[C@@H](C)C3)C(=O)OC1(C)C. The van der Waals surface area contributed by atoms with Crippen molar-refractivity contribution in [1.82, 2.24) is 15.1 Å². The van der Waals surface area contributed by atoms with Gasteiger partial charge in [-0.15, -0.1) is 0 Å². The Hall–Kier alpha value is -1.56. The second-order valence-electron chi connectivity index (χ2n) is 5.96. The highest BCUT2D eigenvalue weighted by Crippen LogP contribution is 2.35. The molecule has 0 saturated carbocycles. The Balaban J connectivity index is 1.98. The van der Waals surface area contributed by atoms with E-state index in [4.69, 9.17) is 4.74 Å². The molecule has 0 aliphatic carbocycles. The summed E-state index contributed by atoms with van der Waals surface area (Å²) in [5, 5.41) is 7.79. The lowest BCUT2D eigenvalue weighted by Crippen LogP contribution is -2.41. The van der Waals surface area contributed by atoms with Gasteiger partial charge in [-0.05, 0) is 27.7 Å². The van der Waals surface area contributed by atoms with Gasteiger partial charge in [-0.2, -0.15) is 5.10 Å². The maximum absolute atomic E-state index is 12.1. The Morgan fingerprint density at radius 2 is 2.21 bits per heavy atom. The van der Waals surface area contributed by atoms with Gasteiger partial charge < -0.3 is 10.1 Å². The first-order valence-corrected chi connectivity index (χ1v) is 6.70. The van der Waals surface area contributed by atoms with Gasteiger partial charge in [0.15, 0.2) is 0 Å². The Kier molecular flexibility index (Phi) is 2.60. The van der Waals surface area contributed by atoms with E-state index in [2.05, 4.69) is 17.3 Å². The first kappa shape index (κ1) is 12.5. The molecule has 0 bridgehead atoms. The lowest BCUT2D eigenvalue weighted by atomic mass is 10.0. The zero-order valence-corrected chi connectivity index (χ0v) is 11.8. The minimum absolute atomic E-state index is 0.00625. The van der Waals surface area contributed by atoms with Gasteiger partial charge in [-0.3, -0.25) is 9.58 Å². The van der Waals surface area contributed by atoms with E-state index in [1.807, 2.05) is 25.5 Å². The van der Waals surface area contributed by atoms with Crippen LogP contribution in [0.5, 0.6) is 0 Å². The quantitative estimate of drug-likeness (QED) is 0.835. The third-order valence-corrected chi connectivity index (χ3v) is 4.19. The second-order valence-corrected chi connectivity index (χ2v) is 5.96. The smallest absolute Gasteiger partial charge is 0.415 e. The zero-order chi connectivity index (χ0) is 13.8. The van der Waals surface area contributed by atoms with Crippen molar-refractivity contribution in [3.63, 3.8) is 0 Å². The topological polar surface area (TPSA) is 59.4 Å². The minimum atomic E-state index is -0.471. The van der Waals surface area contributed by atoms with Crippen LogP contribution in [0.4, 0.5) is 10.5 Å². The van der Waals surface area contributed by atoms with Crippen LogP contribution in [0.25, 0.3) is 0 Å². The van der Waals surface area contributed by atoms with Gasteiger partial charge in [0.05, 0.1) is 30.2 Å². The van der Waals surface area contributed by atoms with Crippen molar-refractivity contribution in [1.29, 1.82) is 0 Å². The van der Waals surface area contributed by atoms with Crippen molar-refractivity contribution in [3.8, 4) is 0 Å². The molecule has 1 amide bonds. The molecule has 1 N–H and O–H groups in total. The number of fused-ring (bicyclic) bond motifs is 1. The molecule has 2 aliphatic rings. The van der Waals surface area contributed by atoms with Crippen LogP contribution in [0.1, 0.15) is 33.4 Å². The molecular formula is C13H20N4O2. The fraction of sp³-hybridized carbons (Fsp3) is 0.692. The van der Waals surface area contributed by atoms with Gasteiger partial charge in [-0.25, -0.2) is 4.79 Å². The minimum Gasteiger partial charge on any atom is -0.441 e. The Labute approximate surface area is 112 Å². The zero-order valence-electron chi connectivity index (χ0n) is 11.8. The largest absolute Gasteiger partial charge is 0.441 e. The average Bonchev–Trinajstić information content (AvgIpc) is 2.79. The number of nitrogens with one attached hydrogen (secondary N) is 1. The van der Waals surface area contributed by atoms with Gasteiger partial charge in [0.1, 0.15) is 5.60 Å². The lowest BCUT2D eigenvalue weighted by molar-refractivity contribution is 0.0718.